The van der Waals surface area contributed by atoms with E-state index in [-0.39, 0.29) is 0 Å². The Morgan fingerprint density at radius 1 is 1.11 bits per heavy atom. The number of hydrogen-bond donors (Lipinski definition) is 1. The maximum absolute atomic E-state index is 3.77. The molecule has 1 aromatic carbocycles. The molecule has 2 nitrogen and oxygen atoms in total. The van der Waals surface area contributed by atoms with Gasteiger partial charge in [0.05, 0.1) is 0 Å². The molecule has 3 fully saturated rings. The Kier molecular flexibility index (Phi) is 3.08. The Morgan fingerprint density at radius 2 is 1.95 bits per heavy atom. The summed E-state index contributed by atoms with van der Waals surface area (Å²) in [6, 6.07) is 12.7. The zero-order valence-corrected chi connectivity index (χ0v) is 11.6. The molecule has 1 aliphatic heterocycles. The molecule has 0 aromatic heterocycles. The summed E-state index contributed by atoms with van der Waals surface area (Å²) in [5.74, 6) is 1.79. The highest BCUT2D eigenvalue weighted by Gasteiger charge is 2.44. The fourth-order valence-electron chi connectivity index (χ4n) is 3.74. The van der Waals surface area contributed by atoms with Gasteiger partial charge in [-0.3, -0.25) is 4.90 Å². The summed E-state index contributed by atoms with van der Waals surface area (Å²) in [6.07, 6.45) is 5.61. The van der Waals surface area contributed by atoms with Gasteiger partial charge in [0.15, 0.2) is 0 Å². The van der Waals surface area contributed by atoms with Crippen molar-refractivity contribution < 1.29 is 0 Å². The van der Waals surface area contributed by atoms with E-state index < -0.39 is 0 Å². The van der Waals surface area contributed by atoms with E-state index in [9.17, 15) is 0 Å². The molecule has 0 amide bonds. The summed E-state index contributed by atoms with van der Waals surface area (Å²) in [7, 11) is 0. The Hall–Kier alpha value is -0.860. The molecular weight excluding hydrogens is 232 g/mol. The maximum Gasteiger partial charge on any atom is 0.0223 e. The zero-order chi connectivity index (χ0) is 12.7. The lowest BCUT2D eigenvalue weighted by Crippen LogP contribution is -2.40. The van der Waals surface area contributed by atoms with E-state index in [1.807, 2.05) is 0 Å². The van der Waals surface area contributed by atoms with Crippen molar-refractivity contribution in [2.75, 3.05) is 19.6 Å². The van der Waals surface area contributed by atoms with Crippen molar-refractivity contribution in [2.45, 2.75) is 43.7 Å². The molecule has 1 saturated heterocycles. The highest BCUT2D eigenvalue weighted by molar-refractivity contribution is 5.28. The van der Waals surface area contributed by atoms with E-state index in [0.717, 1.165) is 23.9 Å². The molecule has 0 bridgehead atoms. The summed E-state index contributed by atoms with van der Waals surface area (Å²) in [5, 5.41) is 3.77. The molecule has 1 heterocycles. The van der Waals surface area contributed by atoms with E-state index >= 15 is 0 Å². The largest absolute Gasteiger partial charge is 0.312 e. The summed E-state index contributed by atoms with van der Waals surface area (Å²) in [6.45, 7) is 3.81. The molecule has 3 atom stereocenters. The number of nitrogens with one attached hydrogen (secondary N) is 1. The van der Waals surface area contributed by atoms with Crippen LogP contribution in [0.4, 0.5) is 0 Å². The van der Waals surface area contributed by atoms with Gasteiger partial charge in [-0.1, -0.05) is 30.3 Å². The minimum absolute atomic E-state index is 0.777. The third-order valence-electron chi connectivity index (χ3n) is 5.10. The SMILES string of the molecule is c1ccc(C2CC2N2CCCNC(C3CC3)C2)cc1. The average molecular weight is 256 g/mol. The quantitative estimate of drug-likeness (QED) is 0.894. The van der Waals surface area contributed by atoms with Gasteiger partial charge >= 0.3 is 0 Å². The summed E-state index contributed by atoms with van der Waals surface area (Å²) in [5.41, 5.74) is 1.55. The van der Waals surface area contributed by atoms with Crippen molar-refractivity contribution in [3.05, 3.63) is 35.9 Å². The normalized spacial score (nSPS) is 35.9. The lowest BCUT2D eigenvalue weighted by atomic mass is 10.1. The average Bonchev–Trinajstić information content (AvgIpc) is 3.33. The van der Waals surface area contributed by atoms with Gasteiger partial charge in [0.2, 0.25) is 0 Å². The van der Waals surface area contributed by atoms with Crippen LogP contribution in [0.1, 0.15) is 37.2 Å². The third-order valence-corrected chi connectivity index (χ3v) is 5.10. The second kappa shape index (κ2) is 4.92. The van der Waals surface area contributed by atoms with Gasteiger partial charge in [0.25, 0.3) is 0 Å². The summed E-state index contributed by atoms with van der Waals surface area (Å²) in [4.78, 5) is 2.78. The molecule has 2 aliphatic carbocycles. The topological polar surface area (TPSA) is 15.3 Å². The fraction of sp³-hybridized carbons (Fsp3) is 0.647. The van der Waals surface area contributed by atoms with Crippen LogP contribution < -0.4 is 5.32 Å². The van der Waals surface area contributed by atoms with Gasteiger partial charge in [-0.2, -0.15) is 0 Å². The number of benzene rings is 1. The van der Waals surface area contributed by atoms with E-state index in [0.29, 0.717) is 0 Å². The first kappa shape index (κ1) is 11.9. The van der Waals surface area contributed by atoms with Gasteiger partial charge in [-0.25, -0.2) is 0 Å². The molecule has 3 aliphatic rings. The standard InChI is InChI=1S/C17H24N2/c1-2-5-13(6-3-1)15-11-17(15)19-10-4-9-18-16(12-19)14-7-8-14/h1-3,5-6,14-18H,4,7-12H2. The summed E-state index contributed by atoms with van der Waals surface area (Å²) < 4.78 is 0. The number of rotatable bonds is 3. The van der Waals surface area contributed by atoms with Crippen molar-refractivity contribution >= 4 is 0 Å². The number of nitrogens with zero attached hydrogens (tertiary/aromatic N) is 1. The molecule has 2 heteroatoms. The van der Waals surface area contributed by atoms with Crippen molar-refractivity contribution in [1.82, 2.24) is 10.2 Å². The Bertz CT molecular complexity index is 426. The van der Waals surface area contributed by atoms with Gasteiger partial charge in [0, 0.05) is 24.5 Å². The van der Waals surface area contributed by atoms with Crippen molar-refractivity contribution in [1.29, 1.82) is 0 Å². The lowest BCUT2D eigenvalue weighted by Gasteiger charge is -2.24. The van der Waals surface area contributed by atoms with Crippen LogP contribution in [-0.2, 0) is 0 Å². The molecule has 0 radical (unpaired) electrons. The Balaban J connectivity index is 1.42. The summed E-state index contributed by atoms with van der Waals surface area (Å²) >= 11 is 0. The van der Waals surface area contributed by atoms with Gasteiger partial charge in [0.1, 0.15) is 0 Å². The molecular formula is C17H24N2. The van der Waals surface area contributed by atoms with Crippen molar-refractivity contribution in [3.63, 3.8) is 0 Å². The minimum Gasteiger partial charge on any atom is -0.312 e. The van der Waals surface area contributed by atoms with Crippen LogP contribution in [-0.4, -0.2) is 36.6 Å². The fourth-order valence-corrected chi connectivity index (χ4v) is 3.74. The van der Waals surface area contributed by atoms with E-state index in [4.69, 9.17) is 0 Å². The van der Waals surface area contributed by atoms with Crippen LogP contribution in [0.25, 0.3) is 0 Å². The van der Waals surface area contributed by atoms with Crippen LogP contribution in [0.3, 0.4) is 0 Å². The van der Waals surface area contributed by atoms with Crippen LogP contribution in [0.5, 0.6) is 0 Å². The van der Waals surface area contributed by atoms with Gasteiger partial charge in [-0.05, 0) is 50.3 Å². The smallest absolute Gasteiger partial charge is 0.0223 e. The highest BCUT2D eigenvalue weighted by atomic mass is 15.2. The first-order valence-electron chi connectivity index (χ1n) is 7.94. The third kappa shape index (κ3) is 2.56. The van der Waals surface area contributed by atoms with Crippen molar-refractivity contribution in [2.24, 2.45) is 5.92 Å². The van der Waals surface area contributed by atoms with Gasteiger partial charge < -0.3 is 5.32 Å². The van der Waals surface area contributed by atoms with E-state index in [1.165, 1.54) is 45.3 Å². The predicted octanol–water partition coefficient (Wildman–Crippen LogP) is 2.62. The lowest BCUT2D eigenvalue weighted by molar-refractivity contribution is 0.245. The number of hydrogen-bond acceptors (Lipinski definition) is 2. The first-order chi connectivity index (χ1) is 9.42. The predicted molar refractivity (Wildman–Crippen MR) is 78.3 cm³/mol. The van der Waals surface area contributed by atoms with Crippen LogP contribution >= 0.6 is 0 Å². The van der Waals surface area contributed by atoms with Crippen LogP contribution in [0, 0.1) is 5.92 Å². The van der Waals surface area contributed by atoms with Crippen LogP contribution in [0.15, 0.2) is 30.3 Å². The maximum atomic E-state index is 3.77. The molecule has 2 saturated carbocycles. The molecule has 0 spiro atoms. The monoisotopic (exact) mass is 256 g/mol. The molecule has 3 unspecified atom stereocenters. The van der Waals surface area contributed by atoms with Crippen LogP contribution in [0.2, 0.25) is 0 Å². The molecule has 19 heavy (non-hydrogen) atoms. The van der Waals surface area contributed by atoms with E-state index in [1.54, 1.807) is 5.56 Å². The second-order valence-corrected chi connectivity index (χ2v) is 6.57. The second-order valence-electron chi connectivity index (χ2n) is 6.57. The zero-order valence-electron chi connectivity index (χ0n) is 11.6. The highest BCUT2D eigenvalue weighted by Crippen LogP contribution is 2.45. The molecule has 102 valence electrons. The molecule has 4 rings (SSSR count). The minimum atomic E-state index is 0.777. The molecule has 1 aromatic rings. The van der Waals surface area contributed by atoms with E-state index in [2.05, 4.69) is 40.5 Å². The molecule has 1 N–H and O–H groups in total. The Labute approximate surface area is 116 Å². The first-order valence-corrected chi connectivity index (χ1v) is 7.94. The Morgan fingerprint density at radius 3 is 2.74 bits per heavy atom. The van der Waals surface area contributed by atoms with Crippen molar-refractivity contribution in [3.8, 4) is 0 Å². The van der Waals surface area contributed by atoms with Gasteiger partial charge in [-0.15, -0.1) is 0 Å².